The molecule has 31 heavy (non-hydrogen) atoms. The molecule has 8 heteroatoms. The normalized spacial score (nSPS) is 20.0. The highest BCUT2D eigenvalue weighted by molar-refractivity contribution is 6.29. The summed E-state index contributed by atoms with van der Waals surface area (Å²) in [6.07, 6.45) is 6.93. The van der Waals surface area contributed by atoms with Gasteiger partial charge < -0.3 is 15.0 Å². The van der Waals surface area contributed by atoms with E-state index in [0.29, 0.717) is 18.2 Å². The predicted molar refractivity (Wildman–Crippen MR) is 119 cm³/mol. The number of carbonyl (C=O) groups excluding carboxylic acids is 1. The molecule has 2 saturated heterocycles. The lowest BCUT2D eigenvalue weighted by Crippen LogP contribution is -2.61. The smallest absolute Gasteiger partial charge is 0.410 e. The van der Waals surface area contributed by atoms with Gasteiger partial charge in [0.05, 0.1) is 11.8 Å². The quantitative estimate of drug-likeness (QED) is 0.541. The van der Waals surface area contributed by atoms with Crippen molar-refractivity contribution in [3.05, 3.63) is 46.5 Å². The highest BCUT2D eigenvalue weighted by Crippen LogP contribution is 2.49. The average molecular weight is 442 g/mol. The lowest BCUT2D eigenvalue weighted by molar-refractivity contribution is -0.0181. The Balaban J connectivity index is 1.52. The van der Waals surface area contributed by atoms with Gasteiger partial charge in [0.1, 0.15) is 10.8 Å². The molecule has 1 N–H and O–H groups in total. The maximum atomic E-state index is 12.4. The number of carbonyl (C=O) groups is 1. The van der Waals surface area contributed by atoms with Crippen LogP contribution in [0, 0.1) is 17.3 Å². The van der Waals surface area contributed by atoms with Gasteiger partial charge in [0, 0.05) is 56.1 Å². The molecule has 0 aliphatic carbocycles. The first-order valence-electron chi connectivity index (χ1n) is 10.5. The number of piperidine rings is 1. The molecule has 2 fully saturated rings. The van der Waals surface area contributed by atoms with Crippen molar-refractivity contribution < 1.29 is 9.53 Å². The van der Waals surface area contributed by atoms with E-state index in [-0.39, 0.29) is 17.6 Å². The van der Waals surface area contributed by atoms with Gasteiger partial charge >= 0.3 is 6.09 Å². The number of aryl methyl sites for hydroxylation is 1. The van der Waals surface area contributed by atoms with Crippen molar-refractivity contribution in [1.29, 1.82) is 0 Å². The Morgan fingerprint density at radius 2 is 2.03 bits per heavy atom. The number of rotatable bonds is 1. The third-order valence-corrected chi connectivity index (χ3v) is 6.15. The Hall–Kier alpha value is -2.56. The van der Waals surface area contributed by atoms with E-state index in [9.17, 15) is 4.79 Å². The van der Waals surface area contributed by atoms with Crippen molar-refractivity contribution in [2.24, 2.45) is 12.5 Å². The Bertz CT molecular complexity index is 1040. The molecule has 2 aliphatic rings. The van der Waals surface area contributed by atoms with Crippen LogP contribution in [-0.4, -0.2) is 51.0 Å². The Labute approximate surface area is 188 Å². The molecule has 4 heterocycles. The molecule has 4 rings (SSSR count). The summed E-state index contributed by atoms with van der Waals surface area (Å²) in [5.74, 6) is 6.41. The highest BCUT2D eigenvalue weighted by atomic mass is 35.5. The number of aromatic nitrogens is 3. The monoisotopic (exact) mass is 441 g/mol. The van der Waals surface area contributed by atoms with Gasteiger partial charge in [-0.15, -0.1) is 0 Å². The Kier molecular flexibility index (Phi) is 5.71. The minimum atomic E-state index is -0.484. The van der Waals surface area contributed by atoms with E-state index in [4.69, 9.17) is 16.3 Å². The molecule has 2 aromatic heterocycles. The maximum absolute atomic E-state index is 12.4. The Morgan fingerprint density at radius 3 is 2.61 bits per heavy atom. The summed E-state index contributed by atoms with van der Waals surface area (Å²) in [6, 6.07) is 2.04. The van der Waals surface area contributed by atoms with Gasteiger partial charge in [-0.1, -0.05) is 23.4 Å². The maximum Gasteiger partial charge on any atom is 0.410 e. The van der Waals surface area contributed by atoms with Crippen LogP contribution in [0.15, 0.2) is 24.7 Å². The SMILES string of the molecule is Cn1cc(C#Cc2cnc(Cl)cc2C2NCC23CCN(C(=O)OC(C)(C)C)CC3)cn1. The number of hydrogen-bond acceptors (Lipinski definition) is 5. The molecule has 0 radical (unpaired) electrons. The number of nitrogens with one attached hydrogen (secondary N) is 1. The molecule has 1 unspecified atom stereocenters. The van der Waals surface area contributed by atoms with Gasteiger partial charge in [-0.05, 0) is 45.2 Å². The first-order valence-corrected chi connectivity index (χ1v) is 10.9. The number of hydrogen-bond donors (Lipinski definition) is 1. The Morgan fingerprint density at radius 1 is 1.29 bits per heavy atom. The molecular formula is C23H28ClN5O2. The molecule has 0 bridgehead atoms. The van der Waals surface area contributed by atoms with Gasteiger partial charge in [-0.25, -0.2) is 9.78 Å². The summed E-state index contributed by atoms with van der Waals surface area (Å²) in [5.41, 5.74) is 2.37. The second-order valence-corrected chi connectivity index (χ2v) is 9.78. The predicted octanol–water partition coefficient (Wildman–Crippen LogP) is 3.53. The number of likely N-dealkylation sites (tertiary alicyclic amines) is 1. The molecule has 2 aliphatic heterocycles. The van der Waals surface area contributed by atoms with Gasteiger partial charge in [0.15, 0.2) is 0 Å². The fourth-order valence-electron chi connectivity index (χ4n) is 4.27. The van der Waals surface area contributed by atoms with Gasteiger partial charge in [0.2, 0.25) is 0 Å². The summed E-state index contributed by atoms with van der Waals surface area (Å²) >= 11 is 6.25. The third kappa shape index (κ3) is 4.70. The van der Waals surface area contributed by atoms with E-state index >= 15 is 0 Å². The van der Waals surface area contributed by atoms with Crippen LogP contribution in [0.1, 0.15) is 56.3 Å². The zero-order valence-corrected chi connectivity index (χ0v) is 19.2. The minimum Gasteiger partial charge on any atom is -0.444 e. The summed E-state index contributed by atoms with van der Waals surface area (Å²) in [5, 5.41) is 8.19. The second kappa shape index (κ2) is 8.18. The first kappa shape index (κ1) is 21.7. The van der Waals surface area contributed by atoms with E-state index in [0.717, 1.165) is 36.1 Å². The van der Waals surface area contributed by atoms with Crippen molar-refractivity contribution in [2.45, 2.75) is 45.3 Å². The summed E-state index contributed by atoms with van der Waals surface area (Å²) in [6.45, 7) is 7.96. The molecule has 164 valence electrons. The minimum absolute atomic E-state index is 0.0773. The number of nitrogens with zero attached hydrogens (tertiary/aromatic N) is 4. The molecule has 7 nitrogen and oxygen atoms in total. The summed E-state index contributed by atoms with van der Waals surface area (Å²) in [7, 11) is 1.87. The number of amides is 1. The molecule has 1 spiro atoms. The fraction of sp³-hybridized carbons (Fsp3) is 0.522. The number of halogens is 1. The number of ether oxygens (including phenoxy) is 1. The molecule has 1 atom stereocenters. The van der Waals surface area contributed by atoms with E-state index in [1.165, 1.54) is 0 Å². The van der Waals surface area contributed by atoms with Crippen LogP contribution in [0.5, 0.6) is 0 Å². The van der Waals surface area contributed by atoms with Crippen LogP contribution in [0.3, 0.4) is 0 Å². The molecule has 1 amide bonds. The van der Waals surface area contributed by atoms with Crippen LogP contribution in [0.2, 0.25) is 5.15 Å². The standard InChI is InChI=1S/C23H28ClN5O2/c1-22(2,3)31-21(30)29-9-7-23(8-10-29)15-26-20(23)18-11-19(24)25-13-17(18)6-5-16-12-27-28(4)14-16/h11-14,20,26H,7-10,15H2,1-4H3. The fourth-order valence-corrected chi connectivity index (χ4v) is 4.44. The number of pyridine rings is 1. The van der Waals surface area contributed by atoms with Gasteiger partial charge in [-0.3, -0.25) is 4.68 Å². The zero-order chi connectivity index (χ0) is 22.2. The largest absolute Gasteiger partial charge is 0.444 e. The average Bonchev–Trinajstić information content (AvgIpc) is 3.10. The molecule has 0 saturated carbocycles. The van der Waals surface area contributed by atoms with Crippen LogP contribution in [-0.2, 0) is 11.8 Å². The lowest BCUT2D eigenvalue weighted by atomic mass is 9.64. The van der Waals surface area contributed by atoms with Crippen molar-refractivity contribution in [1.82, 2.24) is 25.0 Å². The molecule has 0 aromatic carbocycles. The molecule has 2 aromatic rings. The third-order valence-electron chi connectivity index (χ3n) is 5.94. The van der Waals surface area contributed by atoms with Crippen molar-refractivity contribution in [3.63, 3.8) is 0 Å². The van der Waals surface area contributed by atoms with E-state index < -0.39 is 5.60 Å². The van der Waals surface area contributed by atoms with E-state index in [1.54, 1.807) is 17.1 Å². The zero-order valence-electron chi connectivity index (χ0n) is 18.4. The lowest BCUT2D eigenvalue weighted by Gasteiger charge is -2.54. The summed E-state index contributed by atoms with van der Waals surface area (Å²) in [4.78, 5) is 18.5. The van der Waals surface area contributed by atoms with Crippen LogP contribution in [0.25, 0.3) is 0 Å². The molecular weight excluding hydrogens is 414 g/mol. The van der Waals surface area contributed by atoms with Crippen molar-refractivity contribution in [2.75, 3.05) is 19.6 Å². The van der Waals surface area contributed by atoms with Crippen LogP contribution in [0.4, 0.5) is 4.79 Å². The second-order valence-electron chi connectivity index (χ2n) is 9.39. The van der Waals surface area contributed by atoms with Gasteiger partial charge in [0.25, 0.3) is 0 Å². The van der Waals surface area contributed by atoms with Crippen molar-refractivity contribution >= 4 is 17.7 Å². The van der Waals surface area contributed by atoms with Crippen LogP contribution < -0.4 is 5.32 Å². The topological polar surface area (TPSA) is 72.3 Å². The van der Waals surface area contributed by atoms with Crippen LogP contribution >= 0.6 is 11.6 Å². The summed E-state index contributed by atoms with van der Waals surface area (Å²) < 4.78 is 7.27. The van der Waals surface area contributed by atoms with Crippen molar-refractivity contribution in [3.8, 4) is 11.8 Å². The van der Waals surface area contributed by atoms with E-state index in [1.807, 2.05) is 45.0 Å². The first-order chi connectivity index (χ1) is 14.7. The van der Waals surface area contributed by atoms with Gasteiger partial charge in [-0.2, -0.15) is 5.10 Å². The van der Waals surface area contributed by atoms with E-state index in [2.05, 4.69) is 27.2 Å². The highest BCUT2D eigenvalue weighted by Gasteiger charge is 2.50.